The SMILES string of the molecule is CC(N)CCC(=O)N1CCN(CC(C)(C)O)CC1. The van der Waals surface area contributed by atoms with Gasteiger partial charge in [0.1, 0.15) is 0 Å². The molecule has 1 atom stereocenters. The quantitative estimate of drug-likeness (QED) is 0.729. The van der Waals surface area contributed by atoms with Crippen LogP contribution in [-0.2, 0) is 4.79 Å². The number of hydrogen-bond acceptors (Lipinski definition) is 4. The molecule has 3 N–H and O–H groups in total. The van der Waals surface area contributed by atoms with Gasteiger partial charge in [-0.05, 0) is 27.2 Å². The third kappa shape index (κ3) is 5.80. The van der Waals surface area contributed by atoms with E-state index in [0.717, 1.165) is 32.6 Å². The van der Waals surface area contributed by atoms with Crippen LogP contribution >= 0.6 is 0 Å². The molecule has 1 saturated heterocycles. The van der Waals surface area contributed by atoms with Gasteiger partial charge in [0.2, 0.25) is 5.91 Å². The Morgan fingerprint density at radius 2 is 1.89 bits per heavy atom. The van der Waals surface area contributed by atoms with Gasteiger partial charge >= 0.3 is 0 Å². The van der Waals surface area contributed by atoms with Crippen LogP contribution in [0.15, 0.2) is 0 Å². The van der Waals surface area contributed by atoms with E-state index in [0.29, 0.717) is 13.0 Å². The van der Waals surface area contributed by atoms with Gasteiger partial charge in [-0.2, -0.15) is 0 Å². The Hall–Kier alpha value is -0.650. The van der Waals surface area contributed by atoms with Gasteiger partial charge in [0.25, 0.3) is 0 Å². The minimum atomic E-state index is -0.666. The van der Waals surface area contributed by atoms with Crippen molar-refractivity contribution in [3.05, 3.63) is 0 Å². The smallest absolute Gasteiger partial charge is 0.222 e. The molecule has 1 aliphatic heterocycles. The maximum Gasteiger partial charge on any atom is 0.222 e. The van der Waals surface area contributed by atoms with Crippen LogP contribution in [0.1, 0.15) is 33.6 Å². The van der Waals surface area contributed by atoms with Gasteiger partial charge in [-0.1, -0.05) is 0 Å². The Kier molecular flexibility index (Phi) is 5.56. The van der Waals surface area contributed by atoms with Crippen molar-refractivity contribution >= 4 is 5.91 Å². The van der Waals surface area contributed by atoms with Crippen molar-refractivity contribution in [1.29, 1.82) is 0 Å². The Morgan fingerprint density at radius 3 is 2.33 bits per heavy atom. The molecule has 0 aromatic carbocycles. The van der Waals surface area contributed by atoms with E-state index in [9.17, 15) is 9.90 Å². The zero-order valence-electron chi connectivity index (χ0n) is 11.9. The molecule has 0 aromatic heterocycles. The molecule has 18 heavy (non-hydrogen) atoms. The van der Waals surface area contributed by atoms with E-state index in [1.54, 1.807) is 0 Å². The number of β-amino-alcohol motifs (C(OH)–C–C–N with tert-alkyl or cyclic N) is 1. The predicted molar refractivity (Wildman–Crippen MR) is 72.2 cm³/mol. The number of hydrogen-bond donors (Lipinski definition) is 2. The van der Waals surface area contributed by atoms with E-state index in [4.69, 9.17) is 5.73 Å². The molecule has 1 fully saturated rings. The van der Waals surface area contributed by atoms with Gasteiger partial charge < -0.3 is 15.7 Å². The Balaban J connectivity index is 2.28. The molecule has 1 amide bonds. The molecule has 5 nitrogen and oxygen atoms in total. The molecular formula is C13H27N3O2. The minimum Gasteiger partial charge on any atom is -0.389 e. The van der Waals surface area contributed by atoms with Crippen LogP contribution in [0, 0.1) is 0 Å². The van der Waals surface area contributed by atoms with E-state index in [1.165, 1.54) is 0 Å². The lowest BCUT2D eigenvalue weighted by Gasteiger charge is -2.37. The van der Waals surface area contributed by atoms with Gasteiger partial charge in [-0.3, -0.25) is 9.69 Å². The fourth-order valence-electron chi connectivity index (χ4n) is 2.21. The van der Waals surface area contributed by atoms with Crippen molar-refractivity contribution in [3.8, 4) is 0 Å². The highest BCUT2D eigenvalue weighted by atomic mass is 16.3. The summed E-state index contributed by atoms with van der Waals surface area (Å²) in [5.74, 6) is 0.204. The normalized spacial score (nSPS) is 19.9. The Bertz CT molecular complexity index is 266. The first-order valence-corrected chi connectivity index (χ1v) is 6.76. The van der Waals surface area contributed by atoms with E-state index in [-0.39, 0.29) is 11.9 Å². The number of piperazine rings is 1. The number of nitrogens with zero attached hydrogens (tertiary/aromatic N) is 2. The summed E-state index contributed by atoms with van der Waals surface area (Å²) < 4.78 is 0. The van der Waals surface area contributed by atoms with Crippen LogP contribution < -0.4 is 5.73 Å². The zero-order chi connectivity index (χ0) is 13.8. The molecular weight excluding hydrogens is 230 g/mol. The second-order valence-corrected chi connectivity index (χ2v) is 5.99. The molecule has 0 aromatic rings. The summed E-state index contributed by atoms with van der Waals surface area (Å²) >= 11 is 0. The molecule has 0 saturated carbocycles. The first-order chi connectivity index (χ1) is 8.28. The summed E-state index contributed by atoms with van der Waals surface area (Å²) in [5.41, 5.74) is 4.99. The van der Waals surface area contributed by atoms with E-state index in [2.05, 4.69) is 4.90 Å². The second kappa shape index (κ2) is 6.50. The number of carbonyl (C=O) groups excluding carboxylic acids is 1. The predicted octanol–water partition coefficient (Wildman–Crippen LogP) is 0.0289. The van der Waals surface area contributed by atoms with Crippen molar-refractivity contribution in [1.82, 2.24) is 9.80 Å². The first kappa shape index (κ1) is 15.4. The van der Waals surface area contributed by atoms with Gasteiger partial charge in [0, 0.05) is 45.2 Å². The number of aliphatic hydroxyl groups is 1. The maximum absolute atomic E-state index is 11.9. The average Bonchev–Trinajstić information content (AvgIpc) is 2.24. The molecule has 1 unspecified atom stereocenters. The number of rotatable bonds is 5. The maximum atomic E-state index is 11.9. The van der Waals surface area contributed by atoms with Crippen LogP contribution in [0.25, 0.3) is 0 Å². The molecule has 0 bridgehead atoms. The Labute approximate surface area is 110 Å². The summed E-state index contributed by atoms with van der Waals surface area (Å²) in [4.78, 5) is 16.0. The minimum absolute atomic E-state index is 0.0884. The van der Waals surface area contributed by atoms with Gasteiger partial charge in [0.15, 0.2) is 0 Å². The van der Waals surface area contributed by atoms with Gasteiger partial charge in [0.05, 0.1) is 5.60 Å². The lowest BCUT2D eigenvalue weighted by molar-refractivity contribution is -0.133. The summed E-state index contributed by atoms with van der Waals surface area (Å²) in [6.07, 6.45) is 1.30. The van der Waals surface area contributed by atoms with E-state index in [1.807, 2.05) is 25.7 Å². The largest absolute Gasteiger partial charge is 0.389 e. The van der Waals surface area contributed by atoms with Crippen molar-refractivity contribution in [3.63, 3.8) is 0 Å². The number of carbonyl (C=O) groups is 1. The lowest BCUT2D eigenvalue weighted by atomic mass is 10.1. The molecule has 0 radical (unpaired) electrons. The highest BCUT2D eigenvalue weighted by Gasteiger charge is 2.24. The molecule has 0 spiro atoms. The van der Waals surface area contributed by atoms with E-state index >= 15 is 0 Å². The third-order valence-electron chi connectivity index (χ3n) is 3.15. The number of amides is 1. The number of nitrogens with two attached hydrogens (primary N) is 1. The van der Waals surface area contributed by atoms with E-state index < -0.39 is 5.60 Å². The molecule has 0 aliphatic carbocycles. The van der Waals surface area contributed by atoms with Crippen LogP contribution in [0.5, 0.6) is 0 Å². The average molecular weight is 257 g/mol. The lowest BCUT2D eigenvalue weighted by Crippen LogP contribution is -2.52. The highest BCUT2D eigenvalue weighted by molar-refractivity contribution is 5.76. The fraction of sp³-hybridized carbons (Fsp3) is 0.923. The second-order valence-electron chi connectivity index (χ2n) is 5.99. The van der Waals surface area contributed by atoms with Crippen molar-refractivity contribution in [2.75, 3.05) is 32.7 Å². The zero-order valence-corrected chi connectivity index (χ0v) is 11.9. The summed E-state index contributed by atoms with van der Waals surface area (Å²) in [5, 5.41) is 9.75. The van der Waals surface area contributed by atoms with Gasteiger partial charge in [-0.15, -0.1) is 0 Å². The van der Waals surface area contributed by atoms with Gasteiger partial charge in [-0.25, -0.2) is 0 Å². The standard InChI is InChI=1S/C13H27N3O2/c1-11(14)4-5-12(17)16-8-6-15(7-9-16)10-13(2,3)18/h11,18H,4-10,14H2,1-3H3. The monoisotopic (exact) mass is 257 g/mol. The molecule has 1 aliphatic rings. The summed E-state index contributed by atoms with van der Waals surface area (Å²) in [6, 6.07) is 0.0884. The summed E-state index contributed by atoms with van der Waals surface area (Å²) in [7, 11) is 0. The van der Waals surface area contributed by atoms with Crippen LogP contribution in [0.3, 0.4) is 0 Å². The van der Waals surface area contributed by atoms with Crippen molar-refractivity contribution < 1.29 is 9.90 Å². The van der Waals surface area contributed by atoms with Crippen molar-refractivity contribution in [2.24, 2.45) is 5.73 Å². The molecule has 106 valence electrons. The Morgan fingerprint density at radius 1 is 1.33 bits per heavy atom. The van der Waals surface area contributed by atoms with Crippen molar-refractivity contribution in [2.45, 2.75) is 45.3 Å². The third-order valence-corrected chi connectivity index (χ3v) is 3.15. The highest BCUT2D eigenvalue weighted by Crippen LogP contribution is 2.10. The molecule has 1 heterocycles. The fourth-order valence-corrected chi connectivity index (χ4v) is 2.21. The van der Waals surface area contributed by atoms with Crippen LogP contribution in [-0.4, -0.2) is 65.2 Å². The summed E-state index contributed by atoms with van der Waals surface area (Å²) in [6.45, 7) is 9.41. The first-order valence-electron chi connectivity index (χ1n) is 6.76. The van der Waals surface area contributed by atoms with Crippen LogP contribution in [0.2, 0.25) is 0 Å². The molecule has 5 heteroatoms. The van der Waals surface area contributed by atoms with Crippen LogP contribution in [0.4, 0.5) is 0 Å². The topological polar surface area (TPSA) is 69.8 Å². The molecule has 1 rings (SSSR count).